The highest BCUT2D eigenvalue weighted by atomic mass is 79.9. The Morgan fingerprint density at radius 1 is 1.31 bits per heavy atom. The van der Waals surface area contributed by atoms with Crippen LogP contribution >= 0.6 is 16.3 Å². The molecule has 26 heavy (non-hydrogen) atoms. The number of carbonyl (C=O) groups excluding carboxylic acids is 2. The molecular formula is C18H24BrFN2O4. The second-order valence-corrected chi connectivity index (χ2v) is 6.52. The lowest BCUT2D eigenvalue weighted by Crippen LogP contribution is -2.37. The van der Waals surface area contributed by atoms with Gasteiger partial charge in [0.1, 0.15) is 0 Å². The van der Waals surface area contributed by atoms with Gasteiger partial charge in [0.05, 0.1) is 6.61 Å². The van der Waals surface area contributed by atoms with Gasteiger partial charge in [0.2, 0.25) is 11.5 Å². The summed E-state index contributed by atoms with van der Waals surface area (Å²) in [6.45, 7) is 5.48. The Kier molecular flexibility index (Phi) is 8.31. The molecule has 1 aromatic rings. The van der Waals surface area contributed by atoms with Crippen molar-refractivity contribution in [3.05, 3.63) is 23.5 Å². The number of benzene rings is 1. The van der Waals surface area contributed by atoms with Gasteiger partial charge in [-0.1, -0.05) is 13.3 Å². The van der Waals surface area contributed by atoms with E-state index >= 15 is 0 Å². The van der Waals surface area contributed by atoms with Crippen LogP contribution in [0.4, 0.5) is 4.39 Å². The summed E-state index contributed by atoms with van der Waals surface area (Å²) < 4.78 is 24.5. The van der Waals surface area contributed by atoms with Crippen LogP contribution in [0, 0.1) is 5.82 Å². The van der Waals surface area contributed by atoms with Gasteiger partial charge in [-0.25, -0.2) is 4.39 Å². The molecule has 1 saturated heterocycles. The summed E-state index contributed by atoms with van der Waals surface area (Å²) in [7, 11) is 0. The molecule has 1 aliphatic rings. The fraction of sp³-hybridized carbons (Fsp3) is 0.556. The lowest BCUT2D eigenvalue weighted by atomic mass is 10.1. The Morgan fingerprint density at radius 3 is 2.69 bits per heavy atom. The predicted molar refractivity (Wildman–Crippen MR) is 99.4 cm³/mol. The molecule has 6 nitrogen and oxygen atoms in total. The molecule has 2 rings (SSSR count). The third-order valence-electron chi connectivity index (χ3n) is 4.22. The normalized spacial score (nSPS) is 14.3. The van der Waals surface area contributed by atoms with Gasteiger partial charge in [-0.05, 0) is 44.5 Å². The van der Waals surface area contributed by atoms with E-state index in [1.165, 1.54) is 6.07 Å². The van der Waals surface area contributed by atoms with Crippen molar-refractivity contribution >= 4 is 27.9 Å². The average molecular weight is 431 g/mol. The summed E-state index contributed by atoms with van der Waals surface area (Å²) in [6.07, 6.45) is 4.01. The van der Waals surface area contributed by atoms with E-state index in [9.17, 15) is 14.0 Å². The van der Waals surface area contributed by atoms with E-state index in [4.69, 9.17) is 8.57 Å². The molecule has 1 aliphatic heterocycles. The lowest BCUT2D eigenvalue weighted by Gasteiger charge is -2.15. The zero-order valence-corrected chi connectivity index (χ0v) is 16.4. The predicted octanol–water partition coefficient (Wildman–Crippen LogP) is 3.09. The molecule has 0 aliphatic carbocycles. The van der Waals surface area contributed by atoms with Crippen LogP contribution in [0.3, 0.4) is 0 Å². The summed E-state index contributed by atoms with van der Waals surface area (Å²) in [6, 6.07) is 2.31. The van der Waals surface area contributed by atoms with E-state index in [2.05, 4.69) is 26.5 Å². The minimum absolute atomic E-state index is 0.0685. The van der Waals surface area contributed by atoms with Gasteiger partial charge >= 0.3 is 0 Å². The Hall–Kier alpha value is -1.67. The summed E-state index contributed by atoms with van der Waals surface area (Å²) in [5.74, 6) is -2.39. The second kappa shape index (κ2) is 10.5. The van der Waals surface area contributed by atoms with Gasteiger partial charge in [-0.15, -0.1) is 0 Å². The van der Waals surface area contributed by atoms with Crippen molar-refractivity contribution < 1.29 is 22.5 Å². The topological polar surface area (TPSA) is 67.9 Å². The van der Waals surface area contributed by atoms with E-state index in [0.717, 1.165) is 44.8 Å². The van der Waals surface area contributed by atoms with Gasteiger partial charge in [0, 0.05) is 18.7 Å². The zero-order valence-electron chi connectivity index (χ0n) is 14.9. The summed E-state index contributed by atoms with van der Waals surface area (Å²) in [5, 5.41) is 2.59. The Balaban J connectivity index is 2.00. The summed E-state index contributed by atoms with van der Waals surface area (Å²) in [4.78, 5) is 26.6. The molecule has 0 radical (unpaired) electrons. The number of ether oxygens (including phenoxy) is 1. The van der Waals surface area contributed by atoms with Crippen LogP contribution < -0.4 is 13.9 Å². The highest BCUT2D eigenvalue weighted by Crippen LogP contribution is 2.33. The molecule has 1 amide bonds. The molecule has 1 N–H and O–H groups in total. The molecule has 1 fully saturated rings. The monoisotopic (exact) mass is 430 g/mol. The first-order chi connectivity index (χ1) is 12.6. The standard InChI is InChI=1S/C18H24BrFN2O4/c1-2-3-10-25-15-12-13(11-14(20)17(15)26-19)16(23)18(24)21-6-9-22-7-4-5-8-22/h11-12H,2-10H2,1H3,(H,21,24). The minimum atomic E-state index is -0.799. The Labute approximate surface area is 161 Å². The molecule has 8 heteroatoms. The second-order valence-electron chi connectivity index (χ2n) is 6.20. The first-order valence-corrected chi connectivity index (χ1v) is 9.51. The number of nitrogens with one attached hydrogen (secondary N) is 1. The number of halogens is 2. The minimum Gasteiger partial charge on any atom is -0.490 e. The molecule has 1 aromatic carbocycles. The highest BCUT2D eigenvalue weighted by molar-refractivity contribution is 9.06. The van der Waals surface area contributed by atoms with Crippen LogP contribution in [0.5, 0.6) is 11.5 Å². The smallest absolute Gasteiger partial charge is 0.292 e. The first kappa shape index (κ1) is 20.6. The number of hydrogen-bond donors (Lipinski definition) is 1. The molecular weight excluding hydrogens is 407 g/mol. The van der Waals surface area contributed by atoms with Crippen LogP contribution in [-0.4, -0.2) is 49.4 Å². The molecule has 144 valence electrons. The SMILES string of the molecule is CCCCOc1cc(C(=O)C(=O)NCCN2CCCC2)cc(F)c1OBr. The number of carbonyl (C=O) groups is 2. The number of likely N-dealkylation sites (tertiary alicyclic amines) is 1. The molecule has 0 bridgehead atoms. The Morgan fingerprint density at radius 2 is 2.04 bits per heavy atom. The third kappa shape index (κ3) is 5.67. The van der Waals surface area contributed by atoms with Gasteiger partial charge in [0.25, 0.3) is 5.91 Å². The number of amides is 1. The summed E-state index contributed by atoms with van der Waals surface area (Å²) in [5.41, 5.74) is -0.0685. The van der Waals surface area contributed by atoms with Gasteiger partial charge in [-0.3, -0.25) is 9.59 Å². The Bertz CT molecular complexity index is 636. The van der Waals surface area contributed by atoms with Crippen LogP contribution in [0.25, 0.3) is 0 Å². The van der Waals surface area contributed by atoms with E-state index in [-0.39, 0.29) is 17.1 Å². The molecule has 1 heterocycles. The third-order valence-corrected chi connectivity index (χ3v) is 4.55. The zero-order chi connectivity index (χ0) is 18.9. The van der Waals surface area contributed by atoms with Crippen molar-refractivity contribution in [3.8, 4) is 11.5 Å². The molecule has 0 saturated carbocycles. The van der Waals surface area contributed by atoms with Gasteiger partial charge < -0.3 is 18.8 Å². The first-order valence-electron chi connectivity index (χ1n) is 8.86. The number of hydrogen-bond acceptors (Lipinski definition) is 5. The molecule has 0 aromatic heterocycles. The van der Waals surface area contributed by atoms with Crippen molar-refractivity contribution in [1.82, 2.24) is 10.2 Å². The maximum Gasteiger partial charge on any atom is 0.292 e. The molecule has 0 spiro atoms. The molecule has 0 unspecified atom stereocenters. The number of ketones is 1. The van der Waals surface area contributed by atoms with Crippen molar-refractivity contribution in [1.29, 1.82) is 0 Å². The largest absolute Gasteiger partial charge is 0.490 e. The van der Waals surface area contributed by atoms with Crippen molar-refractivity contribution in [2.45, 2.75) is 32.6 Å². The number of nitrogens with zero attached hydrogens (tertiary/aromatic N) is 1. The van der Waals surface area contributed by atoms with E-state index < -0.39 is 17.5 Å². The van der Waals surface area contributed by atoms with Gasteiger partial charge in [0.15, 0.2) is 27.8 Å². The quantitative estimate of drug-likeness (QED) is 0.351. The summed E-state index contributed by atoms with van der Waals surface area (Å²) >= 11 is 2.74. The maximum atomic E-state index is 14.2. The van der Waals surface area contributed by atoms with Crippen molar-refractivity contribution in [2.24, 2.45) is 0 Å². The van der Waals surface area contributed by atoms with E-state index in [1.807, 2.05) is 6.92 Å². The van der Waals surface area contributed by atoms with Crippen LogP contribution in [-0.2, 0) is 4.79 Å². The fourth-order valence-electron chi connectivity index (χ4n) is 2.75. The lowest BCUT2D eigenvalue weighted by molar-refractivity contribution is -0.117. The molecule has 0 atom stereocenters. The number of rotatable bonds is 10. The van der Waals surface area contributed by atoms with Crippen LogP contribution in [0.1, 0.15) is 43.0 Å². The van der Waals surface area contributed by atoms with Crippen LogP contribution in [0.2, 0.25) is 0 Å². The number of unbranched alkanes of at least 4 members (excludes halogenated alkanes) is 1. The van der Waals surface area contributed by atoms with E-state index in [0.29, 0.717) is 19.7 Å². The maximum absolute atomic E-state index is 14.2. The van der Waals surface area contributed by atoms with Gasteiger partial charge in [-0.2, -0.15) is 0 Å². The van der Waals surface area contributed by atoms with Crippen molar-refractivity contribution in [2.75, 3.05) is 32.8 Å². The average Bonchev–Trinajstić information content (AvgIpc) is 3.14. The van der Waals surface area contributed by atoms with Crippen LogP contribution in [0.15, 0.2) is 12.1 Å². The van der Waals surface area contributed by atoms with Crippen molar-refractivity contribution in [3.63, 3.8) is 0 Å². The highest BCUT2D eigenvalue weighted by Gasteiger charge is 2.22. The number of Topliss-reactive ketones (excluding diaryl/α,β-unsaturated/α-hetero) is 1. The van der Waals surface area contributed by atoms with E-state index in [1.54, 1.807) is 0 Å². The fourth-order valence-corrected chi connectivity index (χ4v) is 3.07.